The Morgan fingerprint density at radius 1 is 0.647 bits per heavy atom. The molecule has 3 fully saturated rings. The van der Waals surface area contributed by atoms with Crippen LogP contribution in [0, 0.1) is 11.8 Å². The van der Waals surface area contributed by atoms with Gasteiger partial charge in [0.25, 0.3) is 0 Å². The summed E-state index contributed by atoms with van der Waals surface area (Å²) in [5.41, 5.74) is 6.08. The zero-order chi connectivity index (χ0) is 24.7. The van der Waals surface area contributed by atoms with Crippen molar-refractivity contribution in [1.82, 2.24) is 14.7 Å². The minimum absolute atomic E-state index is 0.0557. The summed E-state index contributed by atoms with van der Waals surface area (Å²) in [6.07, 6.45) is 15.7. The van der Waals surface area contributed by atoms with Gasteiger partial charge in [-0.1, -0.05) is 79.1 Å². The highest BCUT2D eigenvalue weighted by Gasteiger charge is 2.44. The van der Waals surface area contributed by atoms with Gasteiger partial charge in [0.1, 0.15) is 0 Å². The summed E-state index contributed by atoms with van der Waals surface area (Å²) < 4.78 is 0. The third kappa shape index (κ3) is 7.04. The first-order valence-electron chi connectivity index (χ1n) is 14.4. The van der Waals surface area contributed by atoms with Gasteiger partial charge in [0.2, 0.25) is 0 Å². The topological polar surface area (TPSA) is 69.9 Å². The molecule has 2 atom stereocenters. The van der Waals surface area contributed by atoms with Crippen molar-refractivity contribution in [2.45, 2.75) is 142 Å². The van der Waals surface area contributed by atoms with E-state index in [1.807, 2.05) is 4.90 Å². The van der Waals surface area contributed by atoms with Crippen molar-refractivity contribution in [3.05, 3.63) is 0 Å². The first-order chi connectivity index (χ1) is 16.3. The van der Waals surface area contributed by atoms with Crippen LogP contribution in [-0.4, -0.2) is 64.0 Å². The standard InChI is InChI=1S/C28H52N4O2/c1-21(2)19-30(20-22(3)4)28(34)32(24-15-9-6-10-16-24)26-18-12-11-17-25(26)31(27(29)33)23-13-7-5-8-14-23/h21-26H,5-20H2,1-4H3,(H2,29,33)/t25-,26+/m0/s1. The summed E-state index contributed by atoms with van der Waals surface area (Å²) in [5.74, 6) is 0.866. The van der Waals surface area contributed by atoms with Crippen LogP contribution < -0.4 is 5.73 Å². The predicted octanol–water partition coefficient (Wildman–Crippen LogP) is 6.38. The summed E-state index contributed by atoms with van der Waals surface area (Å²) in [5, 5.41) is 0. The lowest BCUT2D eigenvalue weighted by molar-refractivity contribution is 0.0179. The molecule has 0 radical (unpaired) electrons. The van der Waals surface area contributed by atoms with E-state index in [2.05, 4.69) is 37.5 Å². The van der Waals surface area contributed by atoms with Crippen molar-refractivity contribution < 1.29 is 9.59 Å². The molecule has 0 spiro atoms. The van der Waals surface area contributed by atoms with E-state index in [0.29, 0.717) is 11.8 Å². The van der Waals surface area contributed by atoms with Crippen molar-refractivity contribution in [2.75, 3.05) is 13.1 Å². The number of urea groups is 2. The van der Waals surface area contributed by atoms with E-state index in [1.54, 1.807) is 0 Å². The molecule has 34 heavy (non-hydrogen) atoms. The van der Waals surface area contributed by atoms with E-state index < -0.39 is 0 Å². The van der Waals surface area contributed by atoms with E-state index >= 15 is 0 Å². The summed E-state index contributed by atoms with van der Waals surface area (Å²) in [7, 11) is 0. The smallest absolute Gasteiger partial charge is 0.320 e. The average molecular weight is 477 g/mol. The maximum absolute atomic E-state index is 14.3. The lowest BCUT2D eigenvalue weighted by Gasteiger charge is -2.51. The molecule has 0 aromatic heterocycles. The highest BCUT2D eigenvalue weighted by atomic mass is 16.2. The Balaban J connectivity index is 1.94. The SMILES string of the molecule is CC(C)CN(CC(C)C)C(=O)N(C1CCCCC1)[C@@H]1CCCC[C@@H]1N(C(N)=O)C1CCCCC1. The number of amides is 4. The minimum atomic E-state index is -0.277. The van der Waals surface area contributed by atoms with E-state index in [0.717, 1.165) is 64.5 Å². The van der Waals surface area contributed by atoms with Crippen LogP contribution in [0.2, 0.25) is 0 Å². The molecule has 3 aliphatic carbocycles. The van der Waals surface area contributed by atoms with Crippen LogP contribution in [0.25, 0.3) is 0 Å². The van der Waals surface area contributed by atoms with Gasteiger partial charge in [0.15, 0.2) is 0 Å². The van der Waals surface area contributed by atoms with Gasteiger partial charge in [-0.25, -0.2) is 9.59 Å². The van der Waals surface area contributed by atoms with E-state index in [1.165, 1.54) is 38.5 Å². The third-order valence-corrected chi connectivity index (χ3v) is 8.26. The molecule has 0 aromatic carbocycles. The number of hydrogen-bond acceptors (Lipinski definition) is 2. The molecule has 0 saturated heterocycles. The number of primary amides is 1. The zero-order valence-electron chi connectivity index (χ0n) is 22.5. The zero-order valence-corrected chi connectivity index (χ0v) is 22.5. The Hall–Kier alpha value is -1.46. The molecule has 2 N–H and O–H groups in total. The van der Waals surface area contributed by atoms with Crippen LogP contribution in [0.3, 0.4) is 0 Å². The Kier molecular flexibility index (Phi) is 10.4. The second-order valence-electron chi connectivity index (χ2n) is 12.1. The quantitative estimate of drug-likeness (QED) is 0.441. The molecule has 3 rings (SSSR count). The highest BCUT2D eigenvalue weighted by Crippen LogP contribution is 2.36. The van der Waals surface area contributed by atoms with Crippen molar-refractivity contribution >= 4 is 12.1 Å². The molecule has 3 aliphatic rings. The van der Waals surface area contributed by atoms with Gasteiger partial charge in [-0.3, -0.25) is 0 Å². The maximum Gasteiger partial charge on any atom is 0.320 e. The number of rotatable bonds is 8. The van der Waals surface area contributed by atoms with Gasteiger partial charge in [0, 0.05) is 25.2 Å². The fourth-order valence-corrected chi connectivity index (χ4v) is 6.92. The van der Waals surface area contributed by atoms with Gasteiger partial charge >= 0.3 is 12.1 Å². The lowest BCUT2D eigenvalue weighted by Crippen LogP contribution is -2.64. The summed E-state index contributed by atoms with van der Waals surface area (Å²) in [6.45, 7) is 10.4. The normalized spacial score (nSPS) is 24.9. The predicted molar refractivity (Wildman–Crippen MR) is 140 cm³/mol. The van der Waals surface area contributed by atoms with Crippen LogP contribution >= 0.6 is 0 Å². The van der Waals surface area contributed by atoms with E-state index in [-0.39, 0.29) is 36.2 Å². The molecule has 196 valence electrons. The molecular weight excluding hydrogens is 424 g/mol. The van der Waals surface area contributed by atoms with Gasteiger partial charge in [-0.15, -0.1) is 0 Å². The Labute approximate surface area is 209 Å². The first kappa shape index (κ1) is 27.1. The van der Waals surface area contributed by atoms with Gasteiger partial charge in [0.05, 0.1) is 12.1 Å². The molecule has 0 unspecified atom stereocenters. The molecule has 0 aliphatic heterocycles. The van der Waals surface area contributed by atoms with E-state index in [9.17, 15) is 9.59 Å². The fourth-order valence-electron chi connectivity index (χ4n) is 6.92. The summed E-state index contributed by atoms with van der Waals surface area (Å²) in [6, 6.07) is 0.596. The van der Waals surface area contributed by atoms with Gasteiger partial charge in [-0.2, -0.15) is 0 Å². The number of carbonyl (C=O) groups is 2. The van der Waals surface area contributed by atoms with Crippen LogP contribution in [0.15, 0.2) is 0 Å². The second kappa shape index (κ2) is 13.0. The van der Waals surface area contributed by atoms with Crippen LogP contribution in [0.4, 0.5) is 9.59 Å². The Morgan fingerprint density at radius 2 is 1.03 bits per heavy atom. The molecule has 6 nitrogen and oxygen atoms in total. The minimum Gasteiger partial charge on any atom is -0.351 e. The fraction of sp³-hybridized carbons (Fsp3) is 0.929. The van der Waals surface area contributed by atoms with Crippen molar-refractivity contribution in [1.29, 1.82) is 0 Å². The number of nitrogens with two attached hydrogens (primary N) is 1. The average Bonchev–Trinajstić information content (AvgIpc) is 2.80. The molecule has 3 saturated carbocycles. The third-order valence-electron chi connectivity index (χ3n) is 8.26. The summed E-state index contributed by atoms with van der Waals surface area (Å²) >= 11 is 0. The maximum atomic E-state index is 14.3. The molecule has 6 heteroatoms. The molecule has 4 amide bonds. The summed E-state index contributed by atoms with van der Waals surface area (Å²) in [4.78, 5) is 33.7. The van der Waals surface area contributed by atoms with Crippen molar-refractivity contribution in [3.63, 3.8) is 0 Å². The number of hydrogen-bond donors (Lipinski definition) is 1. The Morgan fingerprint density at radius 3 is 1.44 bits per heavy atom. The van der Waals surface area contributed by atoms with Gasteiger partial charge in [-0.05, 0) is 50.4 Å². The lowest BCUT2D eigenvalue weighted by atomic mass is 9.83. The van der Waals surface area contributed by atoms with E-state index in [4.69, 9.17) is 5.73 Å². The monoisotopic (exact) mass is 476 g/mol. The molecule has 0 bridgehead atoms. The first-order valence-corrected chi connectivity index (χ1v) is 14.4. The van der Waals surface area contributed by atoms with Crippen molar-refractivity contribution in [2.24, 2.45) is 17.6 Å². The second-order valence-corrected chi connectivity index (χ2v) is 12.1. The van der Waals surface area contributed by atoms with Crippen LogP contribution in [-0.2, 0) is 0 Å². The van der Waals surface area contributed by atoms with Crippen molar-refractivity contribution in [3.8, 4) is 0 Å². The van der Waals surface area contributed by atoms with Crippen LogP contribution in [0.1, 0.15) is 118 Å². The molecule has 0 aromatic rings. The van der Waals surface area contributed by atoms with Crippen LogP contribution in [0.5, 0.6) is 0 Å². The number of nitrogens with zero attached hydrogens (tertiary/aromatic N) is 3. The largest absolute Gasteiger partial charge is 0.351 e. The number of carbonyl (C=O) groups excluding carboxylic acids is 2. The van der Waals surface area contributed by atoms with Gasteiger partial charge < -0.3 is 20.4 Å². The Bertz CT molecular complexity index is 630. The highest BCUT2D eigenvalue weighted by molar-refractivity contribution is 5.76. The molecule has 0 heterocycles. The molecular formula is C28H52N4O2.